The summed E-state index contributed by atoms with van der Waals surface area (Å²) >= 11 is 6.11. The van der Waals surface area contributed by atoms with Crippen molar-refractivity contribution in [2.75, 3.05) is 68.5 Å². The molecule has 3 aliphatic carbocycles. The van der Waals surface area contributed by atoms with Crippen molar-refractivity contribution in [1.29, 1.82) is 0 Å². The Morgan fingerprint density at radius 1 is 0.633 bits per heavy atom. The van der Waals surface area contributed by atoms with E-state index in [0.29, 0.717) is 37.7 Å². The number of fused-ring (bicyclic) bond motifs is 1. The number of nitrogens with one attached hydrogen (secondary N) is 4. The lowest BCUT2D eigenvalue weighted by Crippen LogP contribution is -2.64. The molecular formula is C64H97ClF3N11O11. The van der Waals surface area contributed by atoms with E-state index in [4.69, 9.17) is 11.6 Å². The van der Waals surface area contributed by atoms with Crippen LogP contribution in [-0.4, -0.2) is 216 Å². The molecule has 2 saturated heterocycles. The van der Waals surface area contributed by atoms with E-state index in [1.54, 1.807) is 27.7 Å². The van der Waals surface area contributed by atoms with E-state index in [1.165, 1.54) is 72.9 Å². The van der Waals surface area contributed by atoms with Crippen molar-refractivity contribution >= 4 is 76.6 Å². The van der Waals surface area contributed by atoms with Crippen molar-refractivity contribution in [3.63, 3.8) is 0 Å². The molecule has 2 aliphatic heterocycles. The topological polar surface area (TPSA) is 259 Å². The fourth-order valence-electron chi connectivity index (χ4n) is 13.3. The minimum Gasteiger partial charge on any atom is -0.351 e. The maximum Gasteiger partial charge on any atom is 0.417 e. The van der Waals surface area contributed by atoms with Crippen molar-refractivity contribution in [1.82, 2.24) is 55.6 Å². The van der Waals surface area contributed by atoms with Gasteiger partial charge < -0.3 is 55.6 Å². The third-order valence-corrected chi connectivity index (χ3v) is 19.5. The Balaban J connectivity index is 1.35. The summed E-state index contributed by atoms with van der Waals surface area (Å²) in [4.78, 5) is 168. The van der Waals surface area contributed by atoms with Crippen LogP contribution in [0.5, 0.6) is 0 Å². The molecule has 8 atom stereocenters. The monoisotopic (exact) mass is 1290 g/mol. The van der Waals surface area contributed by atoms with Crippen molar-refractivity contribution in [2.45, 2.75) is 211 Å². The number of carbonyl (C=O) groups excluding carboxylic acids is 11. The van der Waals surface area contributed by atoms with Crippen LogP contribution in [0.1, 0.15) is 161 Å². The van der Waals surface area contributed by atoms with E-state index in [1.807, 2.05) is 6.92 Å². The van der Waals surface area contributed by atoms with Crippen LogP contribution in [0.25, 0.3) is 0 Å². The standard InChI is InChI=1S/C64H97ClF3N11O11/c1-12-39(4)54-61(89)75(8)36-52(82)73(6)37-53(83)77(10)49(34-41-19-14-13-15-20-41)60(88)74(7)35-50(80)70-46(27-25-42-24-26-44(45(65)32-42)64(66,67)68)59(87)79-30-18-21-47(79)57(85)72-63(28-16-17-29-63)62(90)78(11)55(38(2)3)58(86)69-40(5)31-51(81)76(9)48(56(84)71-54)33-43-22-23-43/h24,26,32,38-41,43,46-49,54-55H,12-23,25,27-31,33-37H2,1-11H3,(H,69,86)(H,70,80)(H,71,84)(H,72,85)/t39?,40-,46+,47+,48+,49+,54+,55+/m1/s1. The minimum atomic E-state index is -4.74. The second kappa shape index (κ2) is 31.7. The van der Waals surface area contributed by atoms with E-state index in [0.717, 1.165) is 66.9 Å². The Morgan fingerprint density at radius 2 is 1.23 bits per heavy atom. The summed E-state index contributed by atoms with van der Waals surface area (Å²) in [5, 5.41) is 11.0. The zero-order valence-electron chi connectivity index (χ0n) is 54.5. The van der Waals surface area contributed by atoms with Crippen molar-refractivity contribution in [3.05, 3.63) is 34.3 Å². The van der Waals surface area contributed by atoms with Gasteiger partial charge in [0, 0.05) is 61.3 Å². The number of aryl methyl sites for hydroxylation is 1. The third-order valence-electron chi connectivity index (χ3n) is 19.2. The molecule has 1 unspecified atom stereocenters. The lowest BCUT2D eigenvalue weighted by Gasteiger charge is -2.39. The molecule has 1 aromatic rings. The molecule has 4 N–H and O–H groups in total. The molecule has 6 rings (SSSR count). The molecule has 5 fully saturated rings. The van der Waals surface area contributed by atoms with Gasteiger partial charge in [0.2, 0.25) is 65.0 Å². The van der Waals surface area contributed by atoms with Crippen molar-refractivity contribution < 1.29 is 65.9 Å². The van der Waals surface area contributed by atoms with Gasteiger partial charge in [-0.2, -0.15) is 13.2 Å². The average Bonchev–Trinajstić information content (AvgIpc) is 1.54. The first kappa shape index (κ1) is 72.5. The van der Waals surface area contributed by atoms with E-state index >= 15 is 0 Å². The second-order valence-corrected chi connectivity index (χ2v) is 27.0. The van der Waals surface area contributed by atoms with Gasteiger partial charge in [0.1, 0.15) is 41.8 Å². The van der Waals surface area contributed by atoms with Crippen LogP contribution in [0, 0.1) is 23.7 Å². The number of carbonyl (C=O) groups is 11. The first-order valence-corrected chi connectivity index (χ1v) is 32.6. The largest absolute Gasteiger partial charge is 0.417 e. The van der Waals surface area contributed by atoms with Gasteiger partial charge in [-0.1, -0.05) is 110 Å². The summed E-state index contributed by atoms with van der Waals surface area (Å²) in [6.07, 6.45) is 3.94. The maximum absolute atomic E-state index is 15.0. The quantitative estimate of drug-likeness (QED) is 0.245. The molecular weight excluding hydrogens is 1190 g/mol. The number of rotatable bonds is 10. The second-order valence-electron chi connectivity index (χ2n) is 26.6. The number of amides is 11. The highest BCUT2D eigenvalue weighted by molar-refractivity contribution is 6.31. The van der Waals surface area contributed by atoms with Crippen LogP contribution in [0.2, 0.25) is 5.02 Å². The lowest BCUT2D eigenvalue weighted by molar-refractivity contribution is -0.149. The summed E-state index contributed by atoms with van der Waals surface area (Å²) < 4.78 is 41.3. The van der Waals surface area contributed by atoms with Crippen LogP contribution in [0.15, 0.2) is 18.2 Å². The number of nitrogens with zero attached hydrogens (tertiary/aromatic N) is 7. The Hall–Kier alpha value is -6.53. The van der Waals surface area contributed by atoms with E-state index in [-0.39, 0.29) is 63.3 Å². The normalized spacial score (nSPS) is 27.1. The molecule has 22 nitrogen and oxygen atoms in total. The number of hydrogen-bond acceptors (Lipinski definition) is 11. The molecule has 3 saturated carbocycles. The van der Waals surface area contributed by atoms with Gasteiger partial charge in [0.05, 0.1) is 30.2 Å². The summed E-state index contributed by atoms with van der Waals surface area (Å²) in [5.74, 6) is -7.41. The SMILES string of the molecule is CCC(C)[C@@H]1NC(=O)[C@H](CC2CC2)N(C)C(=O)C[C@@H](C)NC(=O)[C@H](C(C)C)N(C)C(=O)C2(CCCC2)NC(=O)[C@@H]2CCCN2C(=O)[C@H](CCc2ccc(C(F)(F)F)c(Cl)c2)NC(=O)CN(C)C(=O)[C@H](CC2CCCCC2)N(C)C(=O)CN(C)C(=O)CN(C)C1=O. The number of likely N-dealkylation sites (N-methyl/N-ethyl adjacent to an activating group) is 6. The summed E-state index contributed by atoms with van der Waals surface area (Å²) in [7, 11) is 8.60. The average molecular weight is 1290 g/mol. The van der Waals surface area contributed by atoms with Gasteiger partial charge in [0.15, 0.2) is 0 Å². The number of alkyl halides is 3. The van der Waals surface area contributed by atoms with Gasteiger partial charge in [0.25, 0.3) is 0 Å². The molecule has 1 aromatic carbocycles. The first-order valence-electron chi connectivity index (χ1n) is 32.2. The van der Waals surface area contributed by atoms with Gasteiger partial charge >= 0.3 is 6.18 Å². The summed E-state index contributed by atoms with van der Waals surface area (Å²) in [6, 6.07) is -4.46. The maximum atomic E-state index is 15.0. The van der Waals surface area contributed by atoms with Crippen molar-refractivity contribution in [3.8, 4) is 0 Å². The van der Waals surface area contributed by atoms with Crippen LogP contribution in [0.4, 0.5) is 13.2 Å². The fraction of sp³-hybridized carbons (Fsp3) is 0.734. The van der Waals surface area contributed by atoms with Gasteiger partial charge in [-0.3, -0.25) is 52.7 Å². The van der Waals surface area contributed by atoms with E-state index in [9.17, 15) is 65.9 Å². The number of benzene rings is 1. The van der Waals surface area contributed by atoms with Crippen molar-refractivity contribution in [2.24, 2.45) is 23.7 Å². The van der Waals surface area contributed by atoms with E-state index in [2.05, 4.69) is 21.3 Å². The van der Waals surface area contributed by atoms with Gasteiger partial charge in [-0.15, -0.1) is 0 Å². The highest BCUT2D eigenvalue weighted by Gasteiger charge is 2.50. The Kier molecular flexibility index (Phi) is 25.5. The molecule has 5 aliphatic rings. The zero-order valence-corrected chi connectivity index (χ0v) is 55.2. The molecule has 0 bridgehead atoms. The highest BCUT2D eigenvalue weighted by Crippen LogP contribution is 2.38. The summed E-state index contributed by atoms with van der Waals surface area (Å²) in [6.45, 7) is 7.26. The first-order chi connectivity index (χ1) is 42.3. The van der Waals surface area contributed by atoms with Crippen LogP contribution in [0.3, 0.4) is 0 Å². The zero-order chi connectivity index (χ0) is 66.7. The van der Waals surface area contributed by atoms with Gasteiger partial charge in [-0.25, -0.2) is 0 Å². The Morgan fingerprint density at radius 3 is 1.83 bits per heavy atom. The highest BCUT2D eigenvalue weighted by atomic mass is 35.5. The smallest absolute Gasteiger partial charge is 0.351 e. The third kappa shape index (κ3) is 18.6. The lowest BCUT2D eigenvalue weighted by atomic mass is 9.84. The van der Waals surface area contributed by atoms with Crippen LogP contribution >= 0.6 is 11.6 Å². The minimum absolute atomic E-state index is 0.0369. The fourth-order valence-corrected chi connectivity index (χ4v) is 13.6. The number of hydrogen-bond donors (Lipinski definition) is 4. The Labute approximate surface area is 533 Å². The van der Waals surface area contributed by atoms with Crippen LogP contribution < -0.4 is 21.3 Å². The molecule has 0 radical (unpaired) electrons. The Bertz CT molecular complexity index is 2790. The van der Waals surface area contributed by atoms with Crippen LogP contribution in [-0.2, 0) is 65.3 Å². The van der Waals surface area contributed by atoms with E-state index < -0.39 is 161 Å². The molecule has 0 aromatic heterocycles. The molecule has 26 heteroatoms. The molecule has 502 valence electrons. The molecule has 1 spiro atoms. The summed E-state index contributed by atoms with van der Waals surface area (Å²) in [5.41, 5.74) is -2.24. The predicted molar refractivity (Wildman–Crippen MR) is 330 cm³/mol. The molecule has 11 amide bonds. The molecule has 90 heavy (non-hydrogen) atoms. The molecule has 2 heterocycles. The number of halogens is 4. The van der Waals surface area contributed by atoms with Gasteiger partial charge in [-0.05, 0) is 99.7 Å². The predicted octanol–water partition coefficient (Wildman–Crippen LogP) is 4.92.